The predicted octanol–water partition coefficient (Wildman–Crippen LogP) is 4.93. The number of para-hydroxylation sites is 1. The molecule has 0 saturated carbocycles. The fourth-order valence-electron chi connectivity index (χ4n) is 3.73. The lowest BCUT2D eigenvalue weighted by Gasteiger charge is -2.15. The molecule has 174 valence electrons. The van der Waals surface area contributed by atoms with Gasteiger partial charge < -0.3 is 24.3 Å². The summed E-state index contributed by atoms with van der Waals surface area (Å²) >= 11 is 0. The largest absolute Gasteiger partial charge is 0.497 e. The normalized spacial score (nSPS) is 11.7. The van der Waals surface area contributed by atoms with Crippen LogP contribution < -0.4 is 14.8 Å². The Morgan fingerprint density at radius 2 is 1.79 bits per heavy atom. The third-order valence-corrected chi connectivity index (χ3v) is 5.44. The van der Waals surface area contributed by atoms with Crippen LogP contribution in [0.25, 0.3) is 22.1 Å². The van der Waals surface area contributed by atoms with Crippen LogP contribution in [0.5, 0.6) is 11.5 Å². The van der Waals surface area contributed by atoms with E-state index < -0.39 is 17.9 Å². The molecule has 1 aromatic heterocycles. The van der Waals surface area contributed by atoms with E-state index in [4.69, 9.17) is 13.9 Å². The summed E-state index contributed by atoms with van der Waals surface area (Å²) in [5.41, 5.74) is 3.21. The van der Waals surface area contributed by atoms with Crippen molar-refractivity contribution < 1.29 is 28.6 Å². The average molecular weight is 459 g/mol. The van der Waals surface area contributed by atoms with Crippen LogP contribution in [-0.4, -0.2) is 36.7 Å². The van der Waals surface area contributed by atoms with Crippen LogP contribution in [0.2, 0.25) is 0 Å². The van der Waals surface area contributed by atoms with E-state index in [-0.39, 0.29) is 12.2 Å². The summed E-state index contributed by atoms with van der Waals surface area (Å²) in [7, 11) is 1.55. The monoisotopic (exact) mass is 459 g/mol. The van der Waals surface area contributed by atoms with E-state index in [1.165, 1.54) is 0 Å². The third kappa shape index (κ3) is 5.04. The smallest absolute Gasteiger partial charge is 0.326 e. The van der Waals surface area contributed by atoms with Crippen LogP contribution in [0.3, 0.4) is 0 Å². The number of carboxylic acid groups (broad SMARTS) is 1. The quantitative estimate of drug-likeness (QED) is 0.368. The number of hydrogen-bond acceptors (Lipinski definition) is 5. The molecule has 0 aliphatic rings. The summed E-state index contributed by atoms with van der Waals surface area (Å²) in [4.78, 5) is 24.6. The second-order valence-corrected chi connectivity index (χ2v) is 7.71. The highest BCUT2D eigenvalue weighted by Gasteiger charge is 2.23. The van der Waals surface area contributed by atoms with Crippen LogP contribution in [0.15, 0.2) is 77.2 Å². The summed E-state index contributed by atoms with van der Waals surface area (Å²) < 4.78 is 16.5. The molecule has 1 amide bonds. The molecule has 4 aromatic rings. The Labute approximate surface area is 196 Å². The number of rotatable bonds is 9. The van der Waals surface area contributed by atoms with Gasteiger partial charge in [-0.15, -0.1) is 0 Å². The Hall–Kier alpha value is -4.26. The van der Waals surface area contributed by atoms with E-state index >= 15 is 0 Å². The molecular weight excluding hydrogens is 434 g/mol. The van der Waals surface area contributed by atoms with E-state index in [1.54, 1.807) is 31.4 Å². The molecule has 0 aliphatic heterocycles. The van der Waals surface area contributed by atoms with Crippen molar-refractivity contribution in [3.8, 4) is 22.6 Å². The fraction of sp³-hybridized carbons (Fsp3) is 0.185. The van der Waals surface area contributed by atoms with Crippen LogP contribution in [0.1, 0.15) is 23.0 Å². The molecule has 2 N–H and O–H groups in total. The predicted molar refractivity (Wildman–Crippen MR) is 128 cm³/mol. The number of carbonyl (C=O) groups is 2. The molecule has 0 spiro atoms. The zero-order chi connectivity index (χ0) is 24.1. The molecule has 1 heterocycles. The second-order valence-electron chi connectivity index (χ2n) is 7.71. The molecule has 1 atom stereocenters. The lowest BCUT2D eigenvalue weighted by molar-refractivity contribution is -0.139. The Morgan fingerprint density at radius 1 is 1.03 bits per heavy atom. The van der Waals surface area contributed by atoms with Gasteiger partial charge in [0.05, 0.1) is 13.7 Å². The summed E-state index contributed by atoms with van der Waals surface area (Å²) in [5.74, 6) is -0.257. The van der Waals surface area contributed by atoms with Crippen LogP contribution >= 0.6 is 0 Å². The lowest BCUT2D eigenvalue weighted by Crippen LogP contribution is -2.42. The van der Waals surface area contributed by atoms with Gasteiger partial charge in [-0.25, -0.2) is 4.79 Å². The van der Waals surface area contributed by atoms with E-state index in [0.29, 0.717) is 23.3 Å². The summed E-state index contributed by atoms with van der Waals surface area (Å²) in [6.07, 6.45) is 0.127. The number of methoxy groups -OCH3 is 1. The number of carboxylic acids is 1. The minimum absolute atomic E-state index is 0.0392. The minimum atomic E-state index is -1.13. The van der Waals surface area contributed by atoms with Gasteiger partial charge in [0.25, 0.3) is 5.91 Å². The van der Waals surface area contributed by atoms with Crippen molar-refractivity contribution in [2.75, 3.05) is 13.7 Å². The number of nitrogens with one attached hydrogen (secondary N) is 1. The molecule has 0 aliphatic carbocycles. The molecule has 7 heteroatoms. The maximum Gasteiger partial charge on any atom is 0.326 e. The SMILES string of the molecule is CCOc1ccccc1-c1ccc(CC(NC(=O)c2cc3cc(OC)ccc3o2)C(=O)O)cc1. The highest BCUT2D eigenvalue weighted by Crippen LogP contribution is 2.30. The van der Waals surface area contributed by atoms with Crippen molar-refractivity contribution in [3.63, 3.8) is 0 Å². The number of furan rings is 1. The first-order chi connectivity index (χ1) is 16.5. The molecular formula is C27H25NO6. The van der Waals surface area contributed by atoms with Crippen molar-refractivity contribution in [2.24, 2.45) is 0 Å². The topological polar surface area (TPSA) is 98.0 Å². The maximum atomic E-state index is 12.7. The molecule has 0 bridgehead atoms. The second kappa shape index (κ2) is 10.1. The standard InChI is InChI=1S/C27H25NO6/c1-3-33-24-7-5-4-6-21(24)18-10-8-17(9-11-18)14-22(27(30)31)28-26(29)25-16-19-15-20(32-2)12-13-23(19)34-25/h4-13,15-16,22H,3,14H2,1-2H3,(H,28,29)(H,30,31). The average Bonchev–Trinajstić information content (AvgIpc) is 3.28. The number of benzene rings is 3. The van der Waals surface area contributed by atoms with Crippen LogP contribution in [-0.2, 0) is 11.2 Å². The molecule has 34 heavy (non-hydrogen) atoms. The molecule has 4 rings (SSSR count). The van der Waals surface area contributed by atoms with Crippen molar-refractivity contribution in [1.29, 1.82) is 0 Å². The molecule has 1 unspecified atom stereocenters. The Kier molecular flexibility index (Phi) is 6.82. The maximum absolute atomic E-state index is 12.7. The summed E-state index contributed by atoms with van der Waals surface area (Å²) in [6.45, 7) is 2.50. The van der Waals surface area contributed by atoms with Gasteiger partial charge >= 0.3 is 5.97 Å². The van der Waals surface area contributed by atoms with Gasteiger partial charge in [-0.2, -0.15) is 0 Å². The fourth-order valence-corrected chi connectivity index (χ4v) is 3.73. The number of ether oxygens (including phenoxy) is 2. The van der Waals surface area contributed by atoms with Crippen LogP contribution in [0.4, 0.5) is 0 Å². The third-order valence-electron chi connectivity index (χ3n) is 5.44. The van der Waals surface area contributed by atoms with Gasteiger partial charge in [-0.05, 0) is 48.4 Å². The van der Waals surface area contributed by atoms with Gasteiger partial charge in [0.1, 0.15) is 23.1 Å². The Balaban J connectivity index is 1.48. The first-order valence-electron chi connectivity index (χ1n) is 10.9. The van der Waals surface area contributed by atoms with Gasteiger partial charge in [0.15, 0.2) is 5.76 Å². The number of hydrogen-bond donors (Lipinski definition) is 2. The zero-order valence-electron chi connectivity index (χ0n) is 18.9. The van der Waals surface area contributed by atoms with Crippen molar-refractivity contribution in [2.45, 2.75) is 19.4 Å². The van der Waals surface area contributed by atoms with E-state index in [1.807, 2.05) is 55.5 Å². The van der Waals surface area contributed by atoms with Crippen molar-refractivity contribution in [1.82, 2.24) is 5.32 Å². The Morgan fingerprint density at radius 3 is 2.50 bits per heavy atom. The van der Waals surface area contributed by atoms with Gasteiger partial charge in [0.2, 0.25) is 0 Å². The van der Waals surface area contributed by atoms with Gasteiger partial charge in [-0.1, -0.05) is 42.5 Å². The van der Waals surface area contributed by atoms with Gasteiger partial charge in [0, 0.05) is 17.4 Å². The van der Waals surface area contributed by atoms with E-state index in [9.17, 15) is 14.7 Å². The molecule has 7 nitrogen and oxygen atoms in total. The highest BCUT2D eigenvalue weighted by atomic mass is 16.5. The zero-order valence-corrected chi connectivity index (χ0v) is 18.9. The van der Waals surface area contributed by atoms with E-state index in [0.717, 1.165) is 22.4 Å². The minimum Gasteiger partial charge on any atom is -0.497 e. The number of aliphatic carboxylic acids is 1. The first-order valence-corrected chi connectivity index (χ1v) is 10.9. The molecule has 0 fully saturated rings. The summed E-state index contributed by atoms with van der Waals surface area (Å²) in [5, 5.41) is 12.9. The number of carbonyl (C=O) groups excluding carboxylic acids is 1. The number of amides is 1. The molecule has 0 saturated heterocycles. The lowest BCUT2D eigenvalue weighted by atomic mass is 10.00. The first kappa shape index (κ1) is 22.9. The van der Waals surface area contributed by atoms with Crippen molar-refractivity contribution >= 4 is 22.8 Å². The molecule has 0 radical (unpaired) electrons. The Bertz CT molecular complexity index is 1310. The molecule has 3 aromatic carbocycles. The van der Waals surface area contributed by atoms with Crippen LogP contribution in [0, 0.1) is 0 Å². The van der Waals surface area contributed by atoms with E-state index in [2.05, 4.69) is 5.32 Å². The van der Waals surface area contributed by atoms with Gasteiger partial charge in [-0.3, -0.25) is 4.79 Å². The highest BCUT2D eigenvalue weighted by molar-refractivity contribution is 5.98. The number of fused-ring (bicyclic) bond motifs is 1. The summed E-state index contributed by atoms with van der Waals surface area (Å²) in [6, 6.07) is 20.9. The van der Waals surface area contributed by atoms with Crippen molar-refractivity contribution in [3.05, 3.63) is 84.1 Å².